The van der Waals surface area contributed by atoms with Gasteiger partial charge in [0.25, 0.3) is 0 Å². The number of oxime groups is 1. The highest BCUT2D eigenvalue weighted by molar-refractivity contribution is 9.10. The lowest BCUT2D eigenvalue weighted by Gasteiger charge is -2.15. The molecule has 0 spiro atoms. The first-order chi connectivity index (χ1) is 14.8. The molecular formula is C22H16BrF3N2O3. The molecule has 160 valence electrons. The molecule has 1 atom stereocenters. The third kappa shape index (κ3) is 5.93. The number of hydrogen-bond donors (Lipinski definition) is 2. The highest BCUT2D eigenvalue weighted by atomic mass is 79.9. The summed E-state index contributed by atoms with van der Waals surface area (Å²) in [6.45, 7) is 0. The first-order valence-corrected chi connectivity index (χ1v) is 9.76. The summed E-state index contributed by atoms with van der Waals surface area (Å²) in [4.78, 5) is 17.0. The third-order valence-electron chi connectivity index (χ3n) is 4.19. The number of nitrogens with zero attached hydrogens (tertiary/aromatic N) is 1. The van der Waals surface area contributed by atoms with E-state index in [4.69, 9.17) is 4.84 Å². The Morgan fingerprint density at radius 1 is 1.00 bits per heavy atom. The zero-order chi connectivity index (χ0) is 22.4. The SMILES string of the molecule is O=C(Nc1ccc(Br)cc1C(F)(F)F)O/N=C(/c1ccccc1)[C@H](O)c1ccccc1. The maximum absolute atomic E-state index is 13.2. The van der Waals surface area contributed by atoms with E-state index < -0.39 is 29.6 Å². The number of halogens is 4. The molecule has 9 heteroatoms. The number of nitrogens with one attached hydrogen (secondary N) is 1. The molecule has 0 aliphatic rings. The van der Waals surface area contributed by atoms with Crippen molar-refractivity contribution in [1.29, 1.82) is 0 Å². The fourth-order valence-corrected chi connectivity index (χ4v) is 3.11. The van der Waals surface area contributed by atoms with Crippen molar-refractivity contribution >= 4 is 33.4 Å². The van der Waals surface area contributed by atoms with E-state index in [9.17, 15) is 23.1 Å². The second-order valence-corrected chi connectivity index (χ2v) is 7.26. The number of alkyl halides is 3. The molecule has 0 fully saturated rings. The monoisotopic (exact) mass is 492 g/mol. The van der Waals surface area contributed by atoms with Crippen LogP contribution in [0.4, 0.5) is 23.7 Å². The Labute approximate surface area is 184 Å². The Morgan fingerprint density at radius 2 is 1.61 bits per heavy atom. The molecule has 31 heavy (non-hydrogen) atoms. The van der Waals surface area contributed by atoms with E-state index in [0.717, 1.165) is 12.1 Å². The van der Waals surface area contributed by atoms with Crippen LogP contribution in [0.15, 0.2) is 88.5 Å². The Kier molecular flexibility index (Phi) is 7.09. The number of aliphatic hydroxyl groups is 1. The molecule has 0 radical (unpaired) electrons. The normalized spacial score (nSPS) is 12.9. The van der Waals surface area contributed by atoms with Crippen molar-refractivity contribution in [2.75, 3.05) is 5.32 Å². The summed E-state index contributed by atoms with van der Waals surface area (Å²) >= 11 is 2.98. The highest BCUT2D eigenvalue weighted by Crippen LogP contribution is 2.36. The lowest BCUT2D eigenvalue weighted by atomic mass is 9.99. The first kappa shape index (κ1) is 22.5. The van der Waals surface area contributed by atoms with Gasteiger partial charge in [-0.15, -0.1) is 0 Å². The predicted molar refractivity (Wildman–Crippen MR) is 114 cm³/mol. The van der Waals surface area contributed by atoms with Gasteiger partial charge in [-0.3, -0.25) is 10.2 Å². The molecule has 3 aromatic carbocycles. The molecule has 0 saturated carbocycles. The fraction of sp³-hybridized carbons (Fsp3) is 0.0909. The molecular weight excluding hydrogens is 477 g/mol. The Hall–Kier alpha value is -3.17. The summed E-state index contributed by atoms with van der Waals surface area (Å²) in [5.74, 6) is 0. The van der Waals surface area contributed by atoms with Gasteiger partial charge in [0.05, 0.1) is 11.3 Å². The average Bonchev–Trinajstić information content (AvgIpc) is 2.75. The van der Waals surface area contributed by atoms with Gasteiger partial charge < -0.3 is 5.11 Å². The third-order valence-corrected chi connectivity index (χ3v) is 4.69. The highest BCUT2D eigenvalue weighted by Gasteiger charge is 2.34. The second-order valence-electron chi connectivity index (χ2n) is 6.35. The van der Waals surface area contributed by atoms with Gasteiger partial charge in [0.1, 0.15) is 11.8 Å². The summed E-state index contributed by atoms with van der Waals surface area (Å²) in [5, 5.41) is 16.5. The molecule has 5 nitrogen and oxygen atoms in total. The number of rotatable bonds is 5. The van der Waals surface area contributed by atoms with Gasteiger partial charge in [-0.05, 0) is 23.8 Å². The molecule has 0 heterocycles. The summed E-state index contributed by atoms with van der Waals surface area (Å²) in [5.41, 5.74) is -0.530. The molecule has 2 N–H and O–H groups in total. The van der Waals surface area contributed by atoms with Crippen molar-refractivity contribution < 1.29 is 27.9 Å². The van der Waals surface area contributed by atoms with E-state index in [1.54, 1.807) is 60.7 Å². The van der Waals surface area contributed by atoms with E-state index in [0.29, 0.717) is 11.1 Å². The number of benzene rings is 3. The van der Waals surface area contributed by atoms with Crippen LogP contribution < -0.4 is 5.32 Å². The fourth-order valence-electron chi connectivity index (χ4n) is 2.75. The zero-order valence-electron chi connectivity index (χ0n) is 15.8. The Morgan fingerprint density at radius 3 is 2.23 bits per heavy atom. The van der Waals surface area contributed by atoms with Gasteiger partial charge in [-0.25, -0.2) is 4.79 Å². The van der Waals surface area contributed by atoms with Crippen LogP contribution >= 0.6 is 15.9 Å². The van der Waals surface area contributed by atoms with Crippen LogP contribution in [0.1, 0.15) is 22.8 Å². The standard InChI is InChI=1S/C22H16BrF3N2O3/c23-16-11-12-18(17(13-16)22(24,25)26)27-21(30)31-28-19(14-7-3-1-4-8-14)20(29)15-9-5-2-6-10-15/h1-13,20,29H,(H,27,30)/b28-19-/t20-/m1/s1. The van der Waals surface area contributed by atoms with Crippen LogP contribution in [0.5, 0.6) is 0 Å². The van der Waals surface area contributed by atoms with E-state index in [-0.39, 0.29) is 10.2 Å². The minimum Gasteiger partial charge on any atom is -0.382 e. The number of carbonyl (C=O) groups excluding carboxylic acids is 1. The van der Waals surface area contributed by atoms with Crippen LogP contribution in [0, 0.1) is 0 Å². The predicted octanol–water partition coefficient (Wildman–Crippen LogP) is 6.15. The number of hydrogen-bond acceptors (Lipinski definition) is 4. The van der Waals surface area contributed by atoms with E-state index >= 15 is 0 Å². The van der Waals surface area contributed by atoms with E-state index in [1.165, 1.54) is 6.07 Å². The van der Waals surface area contributed by atoms with Gasteiger partial charge in [-0.2, -0.15) is 13.2 Å². The topological polar surface area (TPSA) is 70.9 Å². The van der Waals surface area contributed by atoms with E-state index in [2.05, 4.69) is 21.1 Å². The Balaban J connectivity index is 1.85. The van der Waals surface area contributed by atoms with Crippen LogP contribution in [0.3, 0.4) is 0 Å². The molecule has 3 aromatic rings. The van der Waals surface area contributed by atoms with Crippen molar-refractivity contribution in [3.8, 4) is 0 Å². The summed E-state index contributed by atoms with van der Waals surface area (Å²) < 4.78 is 39.9. The minimum atomic E-state index is -4.69. The average molecular weight is 493 g/mol. The van der Waals surface area contributed by atoms with Gasteiger partial charge in [0.2, 0.25) is 0 Å². The second kappa shape index (κ2) is 9.76. The van der Waals surface area contributed by atoms with Crippen molar-refractivity contribution in [3.63, 3.8) is 0 Å². The van der Waals surface area contributed by atoms with Crippen molar-refractivity contribution in [3.05, 3.63) is 100 Å². The molecule has 0 aliphatic carbocycles. The molecule has 0 saturated heterocycles. The quantitative estimate of drug-likeness (QED) is 0.254. The maximum atomic E-state index is 13.2. The van der Waals surface area contributed by atoms with Crippen LogP contribution in [-0.4, -0.2) is 16.9 Å². The van der Waals surface area contributed by atoms with Crippen LogP contribution in [0.2, 0.25) is 0 Å². The van der Waals surface area contributed by atoms with E-state index in [1.807, 2.05) is 5.32 Å². The molecule has 0 aliphatic heterocycles. The molecule has 0 unspecified atom stereocenters. The molecule has 0 aromatic heterocycles. The van der Waals surface area contributed by atoms with Crippen molar-refractivity contribution in [2.24, 2.45) is 5.16 Å². The van der Waals surface area contributed by atoms with Gasteiger partial charge in [0, 0.05) is 10.0 Å². The largest absolute Gasteiger partial charge is 0.437 e. The van der Waals surface area contributed by atoms with Gasteiger partial charge in [-0.1, -0.05) is 81.7 Å². The maximum Gasteiger partial charge on any atom is 0.437 e. The van der Waals surface area contributed by atoms with Crippen LogP contribution in [-0.2, 0) is 11.0 Å². The van der Waals surface area contributed by atoms with Crippen molar-refractivity contribution in [1.82, 2.24) is 0 Å². The number of amides is 1. The number of carbonyl (C=O) groups is 1. The van der Waals surface area contributed by atoms with Gasteiger partial charge >= 0.3 is 12.3 Å². The zero-order valence-corrected chi connectivity index (χ0v) is 17.4. The summed E-state index contributed by atoms with van der Waals surface area (Å²) in [6, 6.07) is 20.3. The Bertz CT molecular complexity index is 1070. The lowest BCUT2D eigenvalue weighted by molar-refractivity contribution is -0.137. The molecule has 1 amide bonds. The number of aliphatic hydroxyl groups excluding tert-OH is 1. The summed E-state index contributed by atoms with van der Waals surface area (Å²) in [6.07, 6.45) is -7.15. The van der Waals surface area contributed by atoms with Gasteiger partial charge in [0.15, 0.2) is 0 Å². The number of anilines is 1. The molecule has 0 bridgehead atoms. The lowest BCUT2D eigenvalue weighted by Crippen LogP contribution is -2.19. The first-order valence-electron chi connectivity index (χ1n) is 8.97. The smallest absolute Gasteiger partial charge is 0.382 e. The minimum absolute atomic E-state index is 0.0220. The summed E-state index contributed by atoms with van der Waals surface area (Å²) in [7, 11) is 0. The van der Waals surface area contributed by atoms with Crippen molar-refractivity contribution in [2.45, 2.75) is 12.3 Å². The molecule has 3 rings (SSSR count). The van der Waals surface area contributed by atoms with Crippen LogP contribution in [0.25, 0.3) is 0 Å².